The lowest BCUT2D eigenvalue weighted by Crippen LogP contribution is -2.31. The predicted octanol–water partition coefficient (Wildman–Crippen LogP) is 3.24. The summed E-state index contributed by atoms with van der Waals surface area (Å²) in [7, 11) is 1.67. The second kappa shape index (κ2) is 6.29. The smallest absolute Gasteiger partial charge is 0.161 e. The van der Waals surface area contributed by atoms with Crippen molar-refractivity contribution in [3.05, 3.63) is 24.3 Å². The van der Waals surface area contributed by atoms with Gasteiger partial charge >= 0.3 is 0 Å². The van der Waals surface area contributed by atoms with Crippen molar-refractivity contribution in [2.24, 2.45) is 5.41 Å². The molecule has 0 spiro atoms. The third-order valence-corrected chi connectivity index (χ3v) is 3.83. The molecule has 1 N–H and O–H groups in total. The molecule has 1 aromatic carbocycles. The average Bonchev–Trinajstić information content (AvgIpc) is 2.75. The monoisotopic (exact) mass is 263 g/mol. The lowest BCUT2D eigenvalue weighted by molar-refractivity contribution is 0.283. The molecule has 0 amide bonds. The summed E-state index contributed by atoms with van der Waals surface area (Å²) >= 11 is 0. The molecule has 1 fully saturated rings. The maximum Gasteiger partial charge on any atom is 0.161 e. The molecule has 106 valence electrons. The van der Waals surface area contributed by atoms with Crippen molar-refractivity contribution in [3.8, 4) is 11.5 Å². The van der Waals surface area contributed by atoms with Crippen LogP contribution in [-0.4, -0.2) is 26.3 Å². The van der Waals surface area contributed by atoms with Gasteiger partial charge in [0.2, 0.25) is 0 Å². The van der Waals surface area contributed by atoms with Gasteiger partial charge in [0.15, 0.2) is 11.5 Å². The Bertz CT molecular complexity index is 403. The standard InChI is InChI=1S/C16H25NO2/c1-16(2)9-8-13(12-16)17-10-11-19-15-7-5-4-6-14(15)18-3/h4-7,13,17H,8-12H2,1-3H3. The first kappa shape index (κ1) is 14.2. The Hall–Kier alpha value is -1.22. The number of hydrogen-bond donors (Lipinski definition) is 1. The first-order valence-corrected chi connectivity index (χ1v) is 7.10. The highest BCUT2D eigenvalue weighted by Crippen LogP contribution is 2.36. The van der Waals surface area contributed by atoms with E-state index >= 15 is 0 Å². The van der Waals surface area contributed by atoms with Gasteiger partial charge in [-0.1, -0.05) is 26.0 Å². The molecule has 0 bridgehead atoms. The zero-order valence-electron chi connectivity index (χ0n) is 12.2. The van der Waals surface area contributed by atoms with Crippen molar-refractivity contribution in [2.45, 2.75) is 39.2 Å². The Morgan fingerprint density at radius 3 is 2.63 bits per heavy atom. The SMILES string of the molecule is COc1ccccc1OCCNC1CCC(C)(C)C1. The third kappa shape index (κ3) is 4.13. The van der Waals surface area contributed by atoms with Crippen molar-refractivity contribution in [1.29, 1.82) is 0 Å². The highest BCUT2D eigenvalue weighted by atomic mass is 16.5. The first-order valence-electron chi connectivity index (χ1n) is 7.10. The fraction of sp³-hybridized carbons (Fsp3) is 0.625. The van der Waals surface area contributed by atoms with E-state index in [0.717, 1.165) is 18.0 Å². The Labute approximate surface area is 116 Å². The molecule has 3 heteroatoms. The van der Waals surface area contributed by atoms with Crippen molar-refractivity contribution < 1.29 is 9.47 Å². The van der Waals surface area contributed by atoms with Crippen LogP contribution in [0.4, 0.5) is 0 Å². The predicted molar refractivity (Wildman–Crippen MR) is 77.9 cm³/mol. The highest BCUT2D eigenvalue weighted by Gasteiger charge is 2.30. The van der Waals surface area contributed by atoms with Crippen LogP contribution in [0.3, 0.4) is 0 Å². The Morgan fingerprint density at radius 2 is 2.00 bits per heavy atom. The molecule has 0 heterocycles. The van der Waals surface area contributed by atoms with E-state index in [4.69, 9.17) is 9.47 Å². The normalized spacial score (nSPS) is 21.3. The van der Waals surface area contributed by atoms with Crippen LogP contribution in [0.15, 0.2) is 24.3 Å². The molecule has 1 unspecified atom stereocenters. The lowest BCUT2D eigenvalue weighted by atomic mass is 9.92. The van der Waals surface area contributed by atoms with Crippen molar-refractivity contribution in [1.82, 2.24) is 5.32 Å². The molecule has 1 aliphatic rings. The van der Waals surface area contributed by atoms with E-state index in [9.17, 15) is 0 Å². The minimum atomic E-state index is 0.501. The van der Waals surface area contributed by atoms with Gasteiger partial charge in [-0.2, -0.15) is 0 Å². The van der Waals surface area contributed by atoms with Crippen LogP contribution in [-0.2, 0) is 0 Å². The maximum absolute atomic E-state index is 5.75. The van der Waals surface area contributed by atoms with E-state index in [1.165, 1.54) is 19.3 Å². The van der Waals surface area contributed by atoms with Gasteiger partial charge < -0.3 is 14.8 Å². The van der Waals surface area contributed by atoms with Gasteiger partial charge in [-0.3, -0.25) is 0 Å². The quantitative estimate of drug-likeness (QED) is 0.799. The summed E-state index contributed by atoms with van der Waals surface area (Å²) in [5, 5.41) is 3.58. The summed E-state index contributed by atoms with van der Waals surface area (Å²) in [5.74, 6) is 1.61. The number of nitrogens with one attached hydrogen (secondary N) is 1. The number of methoxy groups -OCH3 is 1. The fourth-order valence-corrected chi connectivity index (χ4v) is 2.77. The summed E-state index contributed by atoms with van der Waals surface area (Å²) < 4.78 is 11.0. The molecule has 0 saturated heterocycles. The number of para-hydroxylation sites is 2. The van der Waals surface area contributed by atoms with E-state index in [1.54, 1.807) is 7.11 Å². The van der Waals surface area contributed by atoms with E-state index in [-0.39, 0.29) is 0 Å². The summed E-state index contributed by atoms with van der Waals surface area (Å²) in [6.07, 6.45) is 3.86. The number of benzene rings is 1. The molecular weight excluding hydrogens is 238 g/mol. The molecule has 0 aromatic heterocycles. The van der Waals surface area contributed by atoms with Gasteiger partial charge in [-0.05, 0) is 36.8 Å². The van der Waals surface area contributed by atoms with E-state index in [2.05, 4.69) is 19.2 Å². The Morgan fingerprint density at radius 1 is 1.26 bits per heavy atom. The van der Waals surface area contributed by atoms with Crippen LogP contribution >= 0.6 is 0 Å². The van der Waals surface area contributed by atoms with Crippen molar-refractivity contribution >= 4 is 0 Å². The molecule has 1 aromatic rings. The highest BCUT2D eigenvalue weighted by molar-refractivity contribution is 5.39. The van der Waals surface area contributed by atoms with Gasteiger partial charge in [0, 0.05) is 12.6 Å². The Balaban J connectivity index is 1.70. The molecule has 1 aliphatic carbocycles. The molecule has 1 saturated carbocycles. The maximum atomic E-state index is 5.75. The van der Waals surface area contributed by atoms with Crippen molar-refractivity contribution in [3.63, 3.8) is 0 Å². The molecule has 0 aliphatic heterocycles. The minimum Gasteiger partial charge on any atom is -0.493 e. The van der Waals surface area contributed by atoms with Crippen LogP contribution in [0.2, 0.25) is 0 Å². The topological polar surface area (TPSA) is 30.5 Å². The summed E-state index contributed by atoms with van der Waals surface area (Å²) in [6, 6.07) is 8.42. The Kier molecular flexibility index (Phi) is 4.70. The van der Waals surface area contributed by atoms with Gasteiger partial charge in [0.1, 0.15) is 6.61 Å². The molecule has 1 atom stereocenters. The van der Waals surface area contributed by atoms with Gasteiger partial charge in [-0.25, -0.2) is 0 Å². The summed E-state index contributed by atoms with van der Waals surface area (Å²) in [4.78, 5) is 0. The molecule has 19 heavy (non-hydrogen) atoms. The zero-order chi connectivity index (χ0) is 13.7. The second-order valence-corrected chi connectivity index (χ2v) is 6.06. The van der Waals surface area contributed by atoms with E-state index in [1.807, 2.05) is 24.3 Å². The molecular formula is C16H25NO2. The number of rotatable bonds is 6. The third-order valence-electron chi connectivity index (χ3n) is 3.83. The van der Waals surface area contributed by atoms with Gasteiger partial charge in [0.25, 0.3) is 0 Å². The van der Waals surface area contributed by atoms with Gasteiger partial charge in [0.05, 0.1) is 7.11 Å². The van der Waals surface area contributed by atoms with Crippen LogP contribution in [0, 0.1) is 5.41 Å². The second-order valence-electron chi connectivity index (χ2n) is 6.06. The largest absolute Gasteiger partial charge is 0.493 e. The summed E-state index contributed by atoms with van der Waals surface area (Å²) in [6.45, 7) is 6.26. The van der Waals surface area contributed by atoms with Crippen molar-refractivity contribution in [2.75, 3.05) is 20.3 Å². The van der Waals surface area contributed by atoms with Gasteiger partial charge in [-0.15, -0.1) is 0 Å². The van der Waals surface area contributed by atoms with Crippen LogP contribution in [0.1, 0.15) is 33.1 Å². The lowest BCUT2D eigenvalue weighted by Gasteiger charge is -2.18. The average molecular weight is 263 g/mol. The zero-order valence-corrected chi connectivity index (χ0v) is 12.2. The molecule has 2 rings (SSSR count). The summed E-state index contributed by atoms with van der Waals surface area (Å²) in [5.41, 5.74) is 0.501. The number of ether oxygens (including phenoxy) is 2. The van der Waals surface area contributed by atoms with E-state index < -0.39 is 0 Å². The van der Waals surface area contributed by atoms with Crippen LogP contribution < -0.4 is 14.8 Å². The minimum absolute atomic E-state index is 0.501. The molecule has 3 nitrogen and oxygen atoms in total. The van der Waals surface area contributed by atoms with Crippen LogP contribution in [0.25, 0.3) is 0 Å². The molecule has 0 radical (unpaired) electrons. The fourth-order valence-electron chi connectivity index (χ4n) is 2.77. The first-order chi connectivity index (χ1) is 9.11. The van der Waals surface area contributed by atoms with E-state index in [0.29, 0.717) is 18.1 Å². The van der Waals surface area contributed by atoms with Crippen LogP contribution in [0.5, 0.6) is 11.5 Å². The number of hydrogen-bond acceptors (Lipinski definition) is 3.